The average Bonchev–Trinajstić information content (AvgIpc) is 3.09. The maximum absolute atomic E-state index is 12.3. The Balaban J connectivity index is 1.60. The Labute approximate surface area is 155 Å². The van der Waals surface area contributed by atoms with Gasteiger partial charge in [0.25, 0.3) is 0 Å². The number of aryl methyl sites for hydroxylation is 1. The molecule has 0 radical (unpaired) electrons. The molecule has 1 amide bonds. The van der Waals surface area contributed by atoms with Gasteiger partial charge in [0.15, 0.2) is 0 Å². The smallest absolute Gasteiger partial charge is 0.220 e. The summed E-state index contributed by atoms with van der Waals surface area (Å²) < 4.78 is 2.90. The summed E-state index contributed by atoms with van der Waals surface area (Å²) in [6, 6.07) is 17.7. The van der Waals surface area contributed by atoms with Crippen LogP contribution >= 0.6 is 15.9 Å². The number of halogens is 1. The number of nitrogens with one attached hydrogen (secondary N) is 1. The monoisotopic (exact) mass is 398 g/mol. The molecule has 0 bridgehead atoms. The van der Waals surface area contributed by atoms with E-state index >= 15 is 0 Å². The number of carbonyl (C=O) groups excluding carboxylic acids is 1. The third-order valence-corrected chi connectivity index (χ3v) is 4.70. The van der Waals surface area contributed by atoms with Crippen LogP contribution < -0.4 is 5.32 Å². The first-order chi connectivity index (χ1) is 12.1. The average molecular weight is 399 g/mol. The second-order valence-electron chi connectivity index (χ2n) is 5.76. The lowest BCUT2D eigenvalue weighted by molar-refractivity contribution is -0.121. The normalized spacial score (nSPS) is 11.9. The molecule has 0 fully saturated rings. The van der Waals surface area contributed by atoms with Gasteiger partial charge in [-0.25, -0.2) is 0 Å². The highest BCUT2D eigenvalue weighted by Gasteiger charge is 2.13. The Hall–Kier alpha value is -2.47. The number of hydrogen-bond acceptors (Lipinski definition) is 3. The summed E-state index contributed by atoms with van der Waals surface area (Å²) in [5.74, 6) is 0.765. The van der Waals surface area contributed by atoms with E-state index in [4.69, 9.17) is 0 Å². The number of amides is 1. The van der Waals surface area contributed by atoms with Gasteiger partial charge in [0.1, 0.15) is 12.2 Å². The predicted molar refractivity (Wildman–Crippen MR) is 100 cm³/mol. The number of rotatable bonds is 6. The standard InChI is InChI=1S/C19H19BrN4O/c1-14(16-9-5-6-10-17(16)20)22-19(25)12-11-18-23-21-13-24(18)15-7-3-2-4-8-15/h2-10,13-14H,11-12H2,1H3,(H,22,25)/t14-/m1/s1. The molecular formula is C19H19BrN4O. The third-order valence-electron chi connectivity index (χ3n) is 3.98. The van der Waals surface area contributed by atoms with Crippen LogP contribution in [-0.4, -0.2) is 20.7 Å². The van der Waals surface area contributed by atoms with E-state index in [-0.39, 0.29) is 11.9 Å². The molecule has 128 valence electrons. The van der Waals surface area contributed by atoms with Crippen LogP contribution in [0, 0.1) is 0 Å². The molecule has 0 unspecified atom stereocenters. The van der Waals surface area contributed by atoms with Gasteiger partial charge in [0, 0.05) is 23.0 Å². The summed E-state index contributed by atoms with van der Waals surface area (Å²) in [4.78, 5) is 12.3. The fourth-order valence-corrected chi connectivity index (χ4v) is 3.30. The van der Waals surface area contributed by atoms with Crippen molar-refractivity contribution in [2.24, 2.45) is 0 Å². The summed E-state index contributed by atoms with van der Waals surface area (Å²) >= 11 is 3.52. The van der Waals surface area contributed by atoms with Crippen molar-refractivity contribution in [3.8, 4) is 5.69 Å². The van der Waals surface area contributed by atoms with Gasteiger partial charge in [0.2, 0.25) is 5.91 Å². The Morgan fingerprint density at radius 1 is 1.16 bits per heavy atom. The number of benzene rings is 2. The highest BCUT2D eigenvalue weighted by molar-refractivity contribution is 9.10. The number of carbonyl (C=O) groups is 1. The van der Waals surface area contributed by atoms with Gasteiger partial charge < -0.3 is 5.32 Å². The van der Waals surface area contributed by atoms with E-state index in [0.717, 1.165) is 21.5 Å². The minimum Gasteiger partial charge on any atom is -0.350 e. The van der Waals surface area contributed by atoms with Gasteiger partial charge in [-0.05, 0) is 30.7 Å². The quantitative estimate of drug-likeness (QED) is 0.685. The Bertz CT molecular complexity index is 847. The van der Waals surface area contributed by atoms with E-state index in [1.165, 1.54) is 0 Å². The molecule has 25 heavy (non-hydrogen) atoms. The Morgan fingerprint density at radius 2 is 1.88 bits per heavy atom. The van der Waals surface area contributed by atoms with Crippen molar-refractivity contribution in [1.29, 1.82) is 0 Å². The number of nitrogens with zero attached hydrogens (tertiary/aromatic N) is 3. The van der Waals surface area contributed by atoms with Gasteiger partial charge in [-0.1, -0.05) is 52.3 Å². The number of aromatic nitrogens is 3. The minimum atomic E-state index is -0.0601. The van der Waals surface area contributed by atoms with Crippen molar-refractivity contribution < 1.29 is 4.79 Å². The lowest BCUT2D eigenvalue weighted by atomic mass is 10.1. The van der Waals surface area contributed by atoms with E-state index in [9.17, 15) is 4.79 Å². The molecule has 3 aromatic rings. The van der Waals surface area contributed by atoms with E-state index < -0.39 is 0 Å². The molecule has 0 spiro atoms. The molecule has 2 aromatic carbocycles. The van der Waals surface area contributed by atoms with Crippen LogP contribution in [0.2, 0.25) is 0 Å². The Morgan fingerprint density at radius 3 is 2.64 bits per heavy atom. The summed E-state index contributed by atoms with van der Waals surface area (Å²) in [6.07, 6.45) is 2.57. The van der Waals surface area contributed by atoms with Gasteiger partial charge in [-0.3, -0.25) is 9.36 Å². The summed E-state index contributed by atoms with van der Waals surface area (Å²) in [6.45, 7) is 1.98. The largest absolute Gasteiger partial charge is 0.350 e. The molecule has 0 aliphatic heterocycles. The van der Waals surface area contributed by atoms with Crippen molar-refractivity contribution in [3.05, 3.63) is 76.8 Å². The molecule has 6 heteroatoms. The molecule has 0 saturated heterocycles. The lowest BCUT2D eigenvalue weighted by Crippen LogP contribution is -2.27. The summed E-state index contributed by atoms with van der Waals surface area (Å²) in [5.41, 5.74) is 2.05. The SMILES string of the molecule is C[C@@H](NC(=O)CCc1nncn1-c1ccccc1)c1ccccc1Br. The summed E-state index contributed by atoms with van der Waals surface area (Å²) in [5, 5.41) is 11.1. The zero-order valence-electron chi connectivity index (χ0n) is 13.9. The molecule has 0 aliphatic rings. The molecule has 1 N–H and O–H groups in total. The van der Waals surface area contributed by atoms with Crippen LogP contribution in [0.15, 0.2) is 65.4 Å². The minimum absolute atomic E-state index is 0.00846. The summed E-state index contributed by atoms with van der Waals surface area (Å²) in [7, 11) is 0. The maximum Gasteiger partial charge on any atom is 0.220 e. The molecule has 1 atom stereocenters. The van der Waals surface area contributed by atoms with E-state index in [1.807, 2.05) is 66.1 Å². The second kappa shape index (κ2) is 8.07. The Kier molecular flexibility index (Phi) is 5.60. The van der Waals surface area contributed by atoms with Gasteiger partial charge in [0.05, 0.1) is 6.04 Å². The van der Waals surface area contributed by atoms with E-state index in [1.54, 1.807) is 6.33 Å². The van der Waals surface area contributed by atoms with Crippen LogP contribution in [0.1, 0.15) is 30.8 Å². The van der Waals surface area contributed by atoms with E-state index in [2.05, 4.69) is 31.4 Å². The molecule has 1 aromatic heterocycles. The van der Waals surface area contributed by atoms with E-state index in [0.29, 0.717) is 12.8 Å². The van der Waals surface area contributed by atoms with Gasteiger partial charge >= 0.3 is 0 Å². The van der Waals surface area contributed by atoms with Crippen LogP contribution in [0.5, 0.6) is 0 Å². The number of para-hydroxylation sites is 1. The second-order valence-corrected chi connectivity index (χ2v) is 6.62. The lowest BCUT2D eigenvalue weighted by Gasteiger charge is -2.16. The number of hydrogen-bond donors (Lipinski definition) is 1. The highest BCUT2D eigenvalue weighted by atomic mass is 79.9. The fraction of sp³-hybridized carbons (Fsp3) is 0.211. The van der Waals surface area contributed by atoms with Crippen molar-refractivity contribution >= 4 is 21.8 Å². The zero-order valence-corrected chi connectivity index (χ0v) is 15.5. The molecule has 1 heterocycles. The first kappa shape index (κ1) is 17.4. The van der Waals surface area contributed by atoms with Crippen LogP contribution in [-0.2, 0) is 11.2 Å². The van der Waals surface area contributed by atoms with Gasteiger partial charge in [-0.2, -0.15) is 0 Å². The van der Waals surface area contributed by atoms with Gasteiger partial charge in [-0.15, -0.1) is 10.2 Å². The highest BCUT2D eigenvalue weighted by Crippen LogP contribution is 2.22. The molecule has 0 aliphatic carbocycles. The van der Waals surface area contributed by atoms with Crippen LogP contribution in [0.4, 0.5) is 0 Å². The third kappa shape index (κ3) is 4.33. The fourth-order valence-electron chi connectivity index (χ4n) is 2.68. The molecule has 0 saturated carbocycles. The molecule has 3 rings (SSSR count). The first-order valence-electron chi connectivity index (χ1n) is 8.13. The molecular weight excluding hydrogens is 380 g/mol. The van der Waals surface area contributed by atoms with Crippen molar-refractivity contribution in [3.63, 3.8) is 0 Å². The predicted octanol–water partition coefficient (Wildman–Crippen LogP) is 3.84. The maximum atomic E-state index is 12.3. The van der Waals surface area contributed by atoms with Crippen molar-refractivity contribution in [1.82, 2.24) is 20.1 Å². The van der Waals surface area contributed by atoms with Crippen LogP contribution in [0.25, 0.3) is 5.69 Å². The van der Waals surface area contributed by atoms with Crippen molar-refractivity contribution in [2.45, 2.75) is 25.8 Å². The molecule has 5 nitrogen and oxygen atoms in total. The van der Waals surface area contributed by atoms with Crippen molar-refractivity contribution in [2.75, 3.05) is 0 Å². The topological polar surface area (TPSA) is 59.8 Å². The zero-order chi connectivity index (χ0) is 17.6. The first-order valence-corrected chi connectivity index (χ1v) is 8.92. The van der Waals surface area contributed by atoms with Crippen LogP contribution in [0.3, 0.4) is 0 Å².